The number of benzene rings is 1. The van der Waals surface area contributed by atoms with Gasteiger partial charge in [0.05, 0.1) is 5.54 Å². The molecule has 0 atom stereocenters. The highest BCUT2D eigenvalue weighted by molar-refractivity contribution is 6.00. The first-order chi connectivity index (χ1) is 12.0. The lowest BCUT2D eigenvalue weighted by Crippen LogP contribution is -2.48. The zero-order valence-corrected chi connectivity index (χ0v) is 17.8. The highest BCUT2D eigenvalue weighted by Gasteiger charge is 2.36. The molecule has 0 saturated heterocycles. The van der Waals surface area contributed by atoms with Gasteiger partial charge in [0.2, 0.25) is 5.91 Å². The summed E-state index contributed by atoms with van der Waals surface area (Å²) in [5.41, 5.74) is 6.54. The summed E-state index contributed by atoms with van der Waals surface area (Å²) in [7, 11) is 0. The minimum atomic E-state index is -0.776. The molecule has 2 amide bonds. The van der Waals surface area contributed by atoms with Crippen LogP contribution in [0.5, 0.6) is 0 Å². The van der Waals surface area contributed by atoms with E-state index in [-0.39, 0.29) is 36.6 Å². The van der Waals surface area contributed by atoms with Crippen LogP contribution in [0.25, 0.3) is 0 Å². The summed E-state index contributed by atoms with van der Waals surface area (Å²) in [5, 5.41) is 5.78. The van der Waals surface area contributed by atoms with E-state index in [1.54, 1.807) is 24.3 Å². The molecule has 1 saturated carbocycles. The second-order valence-corrected chi connectivity index (χ2v) is 6.68. The van der Waals surface area contributed by atoms with Gasteiger partial charge in [0, 0.05) is 24.3 Å². The van der Waals surface area contributed by atoms with Crippen molar-refractivity contribution in [1.29, 1.82) is 0 Å². The van der Waals surface area contributed by atoms with Gasteiger partial charge >= 0.3 is 0 Å². The molecule has 1 aromatic rings. The molecule has 4 N–H and O–H groups in total. The van der Waals surface area contributed by atoms with Crippen molar-refractivity contribution in [3.63, 3.8) is 0 Å². The highest BCUT2D eigenvalue weighted by atomic mass is 35.5. The second-order valence-electron chi connectivity index (χ2n) is 6.68. The molecule has 1 fully saturated rings. The summed E-state index contributed by atoms with van der Waals surface area (Å²) in [4.78, 5) is 26.9. The van der Waals surface area contributed by atoms with E-state index >= 15 is 0 Å². The molecule has 154 valence electrons. The minimum absolute atomic E-state index is 0. The Morgan fingerprint density at radius 3 is 2.37 bits per heavy atom. The Bertz CT molecular complexity index is 603. The minimum Gasteiger partial charge on any atom is -0.351 e. The van der Waals surface area contributed by atoms with Gasteiger partial charge in [0.25, 0.3) is 5.91 Å². The Morgan fingerprint density at radius 1 is 1.15 bits per heavy atom. The van der Waals surface area contributed by atoms with Crippen LogP contribution in [0, 0.1) is 0 Å². The van der Waals surface area contributed by atoms with Gasteiger partial charge in [-0.25, -0.2) is 0 Å². The summed E-state index contributed by atoms with van der Waals surface area (Å²) < 4.78 is 0. The van der Waals surface area contributed by atoms with E-state index in [4.69, 9.17) is 5.73 Å². The molecular formula is C19H32Cl2N4O2. The molecule has 0 unspecified atom stereocenters. The molecule has 8 heteroatoms. The zero-order valence-electron chi connectivity index (χ0n) is 16.1. The van der Waals surface area contributed by atoms with Crippen LogP contribution in [-0.4, -0.2) is 48.4 Å². The number of hydrogen-bond acceptors (Lipinski definition) is 4. The van der Waals surface area contributed by atoms with E-state index in [1.807, 2.05) is 0 Å². The summed E-state index contributed by atoms with van der Waals surface area (Å²) in [6.07, 6.45) is 3.40. The van der Waals surface area contributed by atoms with E-state index in [0.717, 1.165) is 32.5 Å². The predicted molar refractivity (Wildman–Crippen MR) is 115 cm³/mol. The molecule has 0 aromatic heterocycles. The topological polar surface area (TPSA) is 87.5 Å². The lowest BCUT2D eigenvalue weighted by molar-refractivity contribution is -0.121. The van der Waals surface area contributed by atoms with E-state index in [1.165, 1.54) is 0 Å². The summed E-state index contributed by atoms with van der Waals surface area (Å²) >= 11 is 0. The molecule has 6 nitrogen and oxygen atoms in total. The number of anilines is 1. The zero-order chi connectivity index (χ0) is 18.3. The number of rotatable bonds is 8. The first-order valence-corrected chi connectivity index (χ1v) is 9.19. The number of carbonyl (C=O) groups is 2. The molecule has 0 heterocycles. The maximum Gasteiger partial charge on any atom is 0.251 e. The molecular weight excluding hydrogens is 387 g/mol. The third kappa shape index (κ3) is 7.30. The lowest BCUT2D eigenvalue weighted by atomic mass is 9.98. The Labute approximate surface area is 174 Å². The number of amides is 2. The Hall–Kier alpha value is -1.34. The van der Waals surface area contributed by atoms with Crippen molar-refractivity contribution >= 4 is 42.3 Å². The first kappa shape index (κ1) is 25.7. The molecule has 0 spiro atoms. The van der Waals surface area contributed by atoms with Crippen molar-refractivity contribution in [3.8, 4) is 0 Å². The number of carbonyl (C=O) groups excluding carboxylic acids is 2. The summed E-state index contributed by atoms with van der Waals surface area (Å²) in [6, 6.07) is 6.99. The monoisotopic (exact) mass is 418 g/mol. The van der Waals surface area contributed by atoms with Gasteiger partial charge in [-0.15, -0.1) is 24.8 Å². The van der Waals surface area contributed by atoms with Crippen LogP contribution in [0.3, 0.4) is 0 Å². The molecule has 0 bridgehead atoms. The van der Waals surface area contributed by atoms with Gasteiger partial charge in [-0.05, 0) is 44.1 Å². The lowest BCUT2D eigenvalue weighted by Gasteiger charge is -2.22. The molecule has 1 aliphatic rings. The normalized spacial score (nSPS) is 14.8. The van der Waals surface area contributed by atoms with Crippen LogP contribution in [-0.2, 0) is 4.79 Å². The van der Waals surface area contributed by atoms with E-state index in [0.29, 0.717) is 30.6 Å². The van der Waals surface area contributed by atoms with Gasteiger partial charge in [0.15, 0.2) is 0 Å². The van der Waals surface area contributed by atoms with Crippen molar-refractivity contribution in [3.05, 3.63) is 29.8 Å². The molecule has 2 rings (SSSR count). The maximum atomic E-state index is 12.4. The van der Waals surface area contributed by atoms with Gasteiger partial charge in [-0.3, -0.25) is 9.59 Å². The number of halogens is 2. The summed E-state index contributed by atoms with van der Waals surface area (Å²) in [6.45, 7) is 7.56. The smallest absolute Gasteiger partial charge is 0.251 e. The van der Waals surface area contributed by atoms with Crippen molar-refractivity contribution in [2.75, 3.05) is 31.5 Å². The van der Waals surface area contributed by atoms with Crippen molar-refractivity contribution in [2.45, 2.75) is 45.1 Å². The van der Waals surface area contributed by atoms with Crippen LogP contribution < -0.4 is 16.4 Å². The third-order valence-electron chi connectivity index (χ3n) is 4.94. The second kappa shape index (κ2) is 12.2. The van der Waals surface area contributed by atoms with Crippen molar-refractivity contribution in [2.24, 2.45) is 5.73 Å². The number of nitrogens with zero attached hydrogens (tertiary/aromatic N) is 1. The van der Waals surface area contributed by atoms with Crippen LogP contribution in [0.1, 0.15) is 49.9 Å². The quantitative estimate of drug-likeness (QED) is 0.605. The van der Waals surface area contributed by atoms with Crippen LogP contribution in [0.2, 0.25) is 0 Å². The van der Waals surface area contributed by atoms with Gasteiger partial charge in [-0.2, -0.15) is 0 Å². The van der Waals surface area contributed by atoms with Crippen molar-refractivity contribution in [1.82, 2.24) is 10.2 Å². The Kier molecular flexibility index (Phi) is 11.6. The van der Waals surface area contributed by atoms with Crippen LogP contribution in [0.4, 0.5) is 5.69 Å². The van der Waals surface area contributed by atoms with E-state index in [9.17, 15) is 9.59 Å². The van der Waals surface area contributed by atoms with Crippen LogP contribution >= 0.6 is 24.8 Å². The van der Waals surface area contributed by atoms with Gasteiger partial charge < -0.3 is 21.3 Å². The SMILES string of the molecule is CCN(CC)CCNC(=O)c1cccc(NC(=O)C2(N)CCCC2)c1.Cl.Cl. The fourth-order valence-corrected chi connectivity index (χ4v) is 3.20. The Balaban J connectivity index is 0.00000338. The molecule has 0 aliphatic heterocycles. The van der Waals surface area contributed by atoms with E-state index < -0.39 is 5.54 Å². The summed E-state index contributed by atoms with van der Waals surface area (Å²) in [5.74, 6) is -0.296. The number of hydrogen-bond donors (Lipinski definition) is 3. The molecule has 0 radical (unpaired) electrons. The number of likely N-dealkylation sites (N-methyl/N-ethyl adjacent to an activating group) is 1. The highest BCUT2D eigenvalue weighted by Crippen LogP contribution is 2.28. The third-order valence-corrected chi connectivity index (χ3v) is 4.94. The van der Waals surface area contributed by atoms with E-state index in [2.05, 4.69) is 29.4 Å². The van der Waals surface area contributed by atoms with Gasteiger partial charge in [0.1, 0.15) is 0 Å². The molecule has 1 aromatic carbocycles. The Morgan fingerprint density at radius 2 is 1.78 bits per heavy atom. The maximum absolute atomic E-state index is 12.4. The average molecular weight is 419 g/mol. The van der Waals surface area contributed by atoms with Crippen LogP contribution in [0.15, 0.2) is 24.3 Å². The fraction of sp³-hybridized carbons (Fsp3) is 0.579. The number of nitrogens with one attached hydrogen (secondary N) is 2. The van der Waals surface area contributed by atoms with Crippen molar-refractivity contribution < 1.29 is 9.59 Å². The number of nitrogens with two attached hydrogens (primary N) is 1. The predicted octanol–water partition coefficient (Wildman–Crippen LogP) is 2.81. The first-order valence-electron chi connectivity index (χ1n) is 9.19. The van der Waals surface area contributed by atoms with Gasteiger partial charge in [-0.1, -0.05) is 32.8 Å². The molecule has 1 aliphatic carbocycles. The molecule has 27 heavy (non-hydrogen) atoms. The fourth-order valence-electron chi connectivity index (χ4n) is 3.20. The largest absolute Gasteiger partial charge is 0.351 e. The average Bonchev–Trinajstić information content (AvgIpc) is 3.07. The standard InChI is InChI=1S/C19H30N4O2.2ClH/c1-3-23(4-2)13-12-21-17(24)15-8-7-9-16(14-15)22-18(25)19(20)10-5-6-11-19;;/h7-9,14H,3-6,10-13,20H2,1-2H3,(H,21,24)(H,22,25);2*1H.